The van der Waals surface area contributed by atoms with Gasteiger partial charge in [0.15, 0.2) is 0 Å². The maximum Gasteiger partial charge on any atom is 0.329 e. The first kappa shape index (κ1) is 14.2. The van der Waals surface area contributed by atoms with E-state index in [2.05, 4.69) is 5.32 Å². The van der Waals surface area contributed by atoms with Gasteiger partial charge >= 0.3 is 5.97 Å². The van der Waals surface area contributed by atoms with Crippen LogP contribution in [0.15, 0.2) is 24.3 Å². The minimum atomic E-state index is -1.09. The summed E-state index contributed by atoms with van der Waals surface area (Å²) in [6.07, 6.45) is 0. The highest BCUT2D eigenvalue weighted by molar-refractivity contribution is 5.78. The fourth-order valence-electron chi connectivity index (χ4n) is 1.66. The third kappa shape index (κ3) is 4.55. The summed E-state index contributed by atoms with van der Waals surface area (Å²) < 4.78 is 4.71. The maximum atomic E-state index is 11.5. The lowest BCUT2D eigenvalue weighted by atomic mass is 10.0. The molecule has 1 aromatic carbocycles. The van der Waals surface area contributed by atoms with Crippen molar-refractivity contribution < 1.29 is 19.4 Å². The normalized spacial score (nSPS) is 11.9. The number of carboxylic acid groups (broad SMARTS) is 1. The molecule has 98 valence electrons. The smallest absolute Gasteiger partial charge is 0.329 e. The Bertz CT molecular complexity index is 431. The third-order valence-corrected chi connectivity index (χ3v) is 2.49. The molecule has 0 unspecified atom stereocenters. The van der Waals surface area contributed by atoms with Crippen LogP contribution in [0.25, 0.3) is 0 Å². The van der Waals surface area contributed by atoms with Crippen molar-refractivity contribution in [2.75, 3.05) is 13.2 Å². The number of ether oxygens (including phenoxy) is 1. The van der Waals surface area contributed by atoms with E-state index in [1.54, 1.807) is 0 Å². The number of aliphatic carboxylic acids is 1. The molecule has 0 spiro atoms. The van der Waals surface area contributed by atoms with Gasteiger partial charge in [0.2, 0.25) is 5.91 Å². The average molecular weight is 251 g/mol. The van der Waals surface area contributed by atoms with Gasteiger partial charge in [0.05, 0.1) is 6.04 Å². The van der Waals surface area contributed by atoms with E-state index >= 15 is 0 Å². The zero-order valence-electron chi connectivity index (χ0n) is 10.5. The molecule has 0 aliphatic rings. The Balaban J connectivity index is 2.45. The van der Waals surface area contributed by atoms with Crippen LogP contribution in [0.5, 0.6) is 0 Å². The zero-order valence-corrected chi connectivity index (χ0v) is 10.5. The van der Waals surface area contributed by atoms with E-state index in [9.17, 15) is 9.59 Å². The van der Waals surface area contributed by atoms with Gasteiger partial charge in [-0.25, -0.2) is 4.79 Å². The molecule has 0 saturated heterocycles. The number of carboxylic acids is 1. The number of amides is 1. The lowest BCUT2D eigenvalue weighted by Gasteiger charge is -2.16. The van der Waals surface area contributed by atoms with Crippen LogP contribution in [0.4, 0.5) is 0 Å². The van der Waals surface area contributed by atoms with Crippen LogP contribution in [0.1, 0.15) is 24.1 Å². The van der Waals surface area contributed by atoms with E-state index in [0.717, 1.165) is 11.1 Å². The molecule has 0 bridgehead atoms. The molecule has 0 fully saturated rings. The Morgan fingerprint density at radius 1 is 1.33 bits per heavy atom. The maximum absolute atomic E-state index is 11.5. The van der Waals surface area contributed by atoms with Crippen LogP contribution in [0.3, 0.4) is 0 Å². The number of carbonyl (C=O) groups excluding carboxylic acids is 1. The van der Waals surface area contributed by atoms with Crippen molar-refractivity contribution in [1.82, 2.24) is 5.32 Å². The van der Waals surface area contributed by atoms with Crippen molar-refractivity contribution in [3.63, 3.8) is 0 Å². The zero-order chi connectivity index (χ0) is 13.5. The van der Waals surface area contributed by atoms with Gasteiger partial charge in [-0.1, -0.05) is 24.3 Å². The van der Waals surface area contributed by atoms with Gasteiger partial charge in [0, 0.05) is 0 Å². The van der Waals surface area contributed by atoms with Crippen molar-refractivity contribution in [3.8, 4) is 0 Å². The molecular weight excluding hydrogens is 234 g/mol. The summed E-state index contributed by atoms with van der Waals surface area (Å²) in [6.45, 7) is 3.13. The number of rotatable bonds is 6. The van der Waals surface area contributed by atoms with E-state index < -0.39 is 12.6 Å². The molecule has 0 aliphatic heterocycles. The Morgan fingerprint density at radius 3 is 2.61 bits per heavy atom. The predicted molar refractivity (Wildman–Crippen MR) is 66.2 cm³/mol. The van der Waals surface area contributed by atoms with Crippen molar-refractivity contribution in [3.05, 3.63) is 35.4 Å². The third-order valence-electron chi connectivity index (χ3n) is 2.49. The van der Waals surface area contributed by atoms with Gasteiger partial charge in [-0.05, 0) is 25.0 Å². The average Bonchev–Trinajstić information content (AvgIpc) is 2.28. The molecule has 0 aliphatic carbocycles. The lowest BCUT2D eigenvalue weighted by Crippen LogP contribution is -2.31. The van der Waals surface area contributed by atoms with Crippen LogP contribution in [0.2, 0.25) is 0 Å². The fraction of sp³-hybridized carbons (Fsp3) is 0.385. The summed E-state index contributed by atoms with van der Waals surface area (Å²) in [5, 5.41) is 11.1. The molecule has 2 N–H and O–H groups in total. The van der Waals surface area contributed by atoms with Gasteiger partial charge in [-0.15, -0.1) is 0 Å². The molecule has 1 amide bonds. The molecule has 0 aromatic heterocycles. The largest absolute Gasteiger partial charge is 0.480 e. The van der Waals surface area contributed by atoms with E-state index in [-0.39, 0.29) is 18.6 Å². The van der Waals surface area contributed by atoms with Gasteiger partial charge in [0.1, 0.15) is 13.2 Å². The van der Waals surface area contributed by atoms with Gasteiger partial charge in [-0.2, -0.15) is 0 Å². The Hall–Kier alpha value is -1.88. The van der Waals surface area contributed by atoms with Crippen LogP contribution >= 0.6 is 0 Å². The predicted octanol–water partition coefficient (Wildman–Crippen LogP) is 1.27. The number of hydrogen-bond donors (Lipinski definition) is 2. The number of hydrogen-bond acceptors (Lipinski definition) is 3. The Morgan fingerprint density at radius 2 is 2.00 bits per heavy atom. The Kier molecular flexibility index (Phi) is 5.32. The summed E-state index contributed by atoms with van der Waals surface area (Å²) in [5.74, 6) is -1.42. The van der Waals surface area contributed by atoms with E-state index in [1.807, 2.05) is 38.1 Å². The fourth-order valence-corrected chi connectivity index (χ4v) is 1.66. The summed E-state index contributed by atoms with van der Waals surface area (Å²) in [5.41, 5.74) is 2.13. The highest BCUT2D eigenvalue weighted by atomic mass is 16.5. The van der Waals surface area contributed by atoms with Crippen molar-refractivity contribution in [1.29, 1.82) is 0 Å². The van der Waals surface area contributed by atoms with Crippen molar-refractivity contribution in [2.45, 2.75) is 19.9 Å². The molecule has 0 saturated carbocycles. The molecule has 1 atom stereocenters. The first-order valence-corrected chi connectivity index (χ1v) is 5.65. The first-order chi connectivity index (χ1) is 8.50. The Labute approximate surface area is 106 Å². The topological polar surface area (TPSA) is 75.6 Å². The van der Waals surface area contributed by atoms with Gasteiger partial charge in [0.25, 0.3) is 0 Å². The van der Waals surface area contributed by atoms with E-state index in [1.165, 1.54) is 0 Å². The SMILES string of the molecule is Cc1ccccc1[C@H](C)NC(=O)COCC(=O)O. The van der Waals surface area contributed by atoms with Crippen LogP contribution in [-0.4, -0.2) is 30.2 Å². The summed E-state index contributed by atoms with van der Waals surface area (Å²) in [7, 11) is 0. The first-order valence-electron chi connectivity index (χ1n) is 5.65. The number of aryl methyl sites for hydroxylation is 1. The second-order valence-electron chi connectivity index (χ2n) is 4.03. The second-order valence-corrected chi connectivity index (χ2v) is 4.03. The van der Waals surface area contributed by atoms with E-state index in [4.69, 9.17) is 9.84 Å². The quantitative estimate of drug-likeness (QED) is 0.798. The minimum absolute atomic E-state index is 0.132. The summed E-state index contributed by atoms with van der Waals surface area (Å²) >= 11 is 0. The molecule has 1 aromatic rings. The number of nitrogens with one attached hydrogen (secondary N) is 1. The van der Waals surface area contributed by atoms with Crippen LogP contribution in [-0.2, 0) is 14.3 Å². The lowest BCUT2D eigenvalue weighted by molar-refractivity contribution is -0.143. The van der Waals surface area contributed by atoms with Gasteiger partial charge < -0.3 is 15.2 Å². The summed E-state index contributed by atoms with van der Waals surface area (Å²) in [4.78, 5) is 21.7. The van der Waals surface area contributed by atoms with E-state index in [0.29, 0.717) is 0 Å². The summed E-state index contributed by atoms with van der Waals surface area (Å²) in [6, 6.07) is 7.62. The van der Waals surface area contributed by atoms with Crippen molar-refractivity contribution >= 4 is 11.9 Å². The number of carbonyl (C=O) groups is 2. The standard InChI is InChI=1S/C13H17NO4/c1-9-5-3-4-6-11(9)10(2)14-12(15)7-18-8-13(16)17/h3-6,10H,7-8H2,1-2H3,(H,14,15)(H,16,17)/t10-/m0/s1. The molecule has 1 rings (SSSR count). The molecule has 0 heterocycles. The monoisotopic (exact) mass is 251 g/mol. The highest BCUT2D eigenvalue weighted by Crippen LogP contribution is 2.16. The highest BCUT2D eigenvalue weighted by Gasteiger charge is 2.11. The minimum Gasteiger partial charge on any atom is -0.480 e. The molecule has 5 heteroatoms. The van der Waals surface area contributed by atoms with Crippen LogP contribution < -0.4 is 5.32 Å². The number of benzene rings is 1. The van der Waals surface area contributed by atoms with Gasteiger partial charge in [-0.3, -0.25) is 4.79 Å². The molecule has 18 heavy (non-hydrogen) atoms. The molecular formula is C13H17NO4. The van der Waals surface area contributed by atoms with Crippen LogP contribution in [0, 0.1) is 6.92 Å². The molecule has 5 nitrogen and oxygen atoms in total. The van der Waals surface area contributed by atoms with Crippen molar-refractivity contribution in [2.24, 2.45) is 0 Å². The molecule has 0 radical (unpaired) electrons. The second kappa shape index (κ2) is 6.76.